The number of carbonyl (C=O) groups excluding carboxylic acids is 1. The Bertz CT molecular complexity index is 372. The third-order valence-electron chi connectivity index (χ3n) is 2.01. The molecule has 0 fully saturated rings. The molecule has 6 heteroatoms. The Balaban J connectivity index is 2.92. The topological polar surface area (TPSA) is 81.4 Å². The standard InChI is InChI=1S/C9H12N2O4/c1-3-7(8(12)13)11-5-6(4-10-11)9(14)15-2/h4-5,7H,3H2,1-2H3,(H,12,13)/t7-/m1/s1. The van der Waals surface area contributed by atoms with Crippen LogP contribution >= 0.6 is 0 Å². The molecule has 0 saturated carbocycles. The highest BCUT2D eigenvalue weighted by Crippen LogP contribution is 2.11. The van der Waals surface area contributed by atoms with E-state index >= 15 is 0 Å². The first-order valence-electron chi connectivity index (χ1n) is 4.45. The Kier molecular flexibility index (Phi) is 3.43. The number of nitrogens with zero attached hydrogens (tertiary/aromatic N) is 2. The van der Waals surface area contributed by atoms with Crippen LogP contribution in [-0.4, -0.2) is 33.9 Å². The largest absolute Gasteiger partial charge is 0.480 e. The SMILES string of the molecule is CC[C@H](C(=O)O)n1cc(C(=O)OC)cn1. The summed E-state index contributed by atoms with van der Waals surface area (Å²) in [5.74, 6) is -1.50. The molecule has 0 amide bonds. The van der Waals surface area contributed by atoms with Gasteiger partial charge in [-0.3, -0.25) is 4.68 Å². The van der Waals surface area contributed by atoms with Gasteiger partial charge in [0.05, 0.1) is 18.9 Å². The van der Waals surface area contributed by atoms with Crippen molar-refractivity contribution >= 4 is 11.9 Å². The van der Waals surface area contributed by atoms with Crippen molar-refractivity contribution in [2.45, 2.75) is 19.4 Å². The van der Waals surface area contributed by atoms with Crippen LogP contribution in [0.5, 0.6) is 0 Å². The van der Waals surface area contributed by atoms with Crippen molar-refractivity contribution < 1.29 is 19.4 Å². The number of aliphatic carboxylic acids is 1. The summed E-state index contributed by atoms with van der Waals surface area (Å²) in [5, 5.41) is 12.7. The summed E-state index contributed by atoms with van der Waals surface area (Å²) in [6.45, 7) is 1.73. The first-order chi connectivity index (χ1) is 7.10. The van der Waals surface area contributed by atoms with E-state index in [2.05, 4.69) is 9.84 Å². The minimum absolute atomic E-state index is 0.247. The van der Waals surface area contributed by atoms with E-state index < -0.39 is 18.0 Å². The van der Waals surface area contributed by atoms with E-state index in [9.17, 15) is 9.59 Å². The molecule has 15 heavy (non-hydrogen) atoms. The summed E-state index contributed by atoms with van der Waals surface area (Å²) in [6, 6.07) is -0.747. The maximum Gasteiger partial charge on any atom is 0.341 e. The molecule has 0 aliphatic heterocycles. The van der Waals surface area contributed by atoms with Crippen LogP contribution in [0.2, 0.25) is 0 Å². The van der Waals surface area contributed by atoms with Crippen LogP contribution in [0.4, 0.5) is 0 Å². The molecular formula is C9H12N2O4. The van der Waals surface area contributed by atoms with Gasteiger partial charge in [-0.05, 0) is 6.42 Å². The molecule has 1 atom stereocenters. The van der Waals surface area contributed by atoms with Crippen molar-refractivity contribution in [3.63, 3.8) is 0 Å². The molecule has 0 aliphatic rings. The summed E-state index contributed by atoms with van der Waals surface area (Å²) in [4.78, 5) is 21.9. The third kappa shape index (κ3) is 2.34. The number of esters is 1. The van der Waals surface area contributed by atoms with Gasteiger partial charge >= 0.3 is 11.9 Å². The number of rotatable bonds is 4. The molecule has 82 valence electrons. The van der Waals surface area contributed by atoms with Gasteiger partial charge in [-0.15, -0.1) is 0 Å². The van der Waals surface area contributed by atoms with Crippen LogP contribution in [0.1, 0.15) is 29.7 Å². The van der Waals surface area contributed by atoms with Crippen molar-refractivity contribution in [1.29, 1.82) is 0 Å². The Morgan fingerprint density at radius 1 is 1.67 bits per heavy atom. The van der Waals surface area contributed by atoms with Gasteiger partial charge in [0.2, 0.25) is 0 Å². The first-order valence-corrected chi connectivity index (χ1v) is 4.45. The molecule has 1 N–H and O–H groups in total. The number of carboxylic acid groups (broad SMARTS) is 1. The Hall–Kier alpha value is -1.85. The predicted molar refractivity (Wildman–Crippen MR) is 50.5 cm³/mol. The van der Waals surface area contributed by atoms with Crippen molar-refractivity contribution in [3.05, 3.63) is 18.0 Å². The molecule has 0 aliphatic carbocycles. The summed E-state index contributed by atoms with van der Waals surface area (Å²) < 4.78 is 5.73. The molecular weight excluding hydrogens is 200 g/mol. The zero-order chi connectivity index (χ0) is 11.4. The van der Waals surface area contributed by atoms with Crippen LogP contribution in [0.25, 0.3) is 0 Å². The van der Waals surface area contributed by atoms with Gasteiger partial charge in [0, 0.05) is 6.20 Å². The molecule has 0 unspecified atom stereocenters. The Morgan fingerprint density at radius 3 is 2.80 bits per heavy atom. The number of hydrogen-bond donors (Lipinski definition) is 1. The van der Waals surface area contributed by atoms with E-state index in [-0.39, 0.29) is 5.56 Å². The smallest absolute Gasteiger partial charge is 0.341 e. The summed E-state index contributed by atoms with van der Waals surface area (Å²) in [7, 11) is 1.26. The van der Waals surface area contributed by atoms with E-state index in [0.29, 0.717) is 6.42 Å². The molecule has 6 nitrogen and oxygen atoms in total. The Labute approximate surface area is 86.5 Å². The number of ether oxygens (including phenoxy) is 1. The molecule has 0 radical (unpaired) electrons. The van der Waals surface area contributed by atoms with Crippen molar-refractivity contribution in [2.75, 3.05) is 7.11 Å². The number of carbonyl (C=O) groups is 2. The van der Waals surface area contributed by atoms with E-state index in [1.54, 1.807) is 6.92 Å². The molecule has 0 aromatic carbocycles. The zero-order valence-electron chi connectivity index (χ0n) is 8.51. The molecule has 0 saturated heterocycles. The van der Waals surface area contributed by atoms with E-state index in [1.165, 1.54) is 24.2 Å². The third-order valence-corrected chi connectivity index (χ3v) is 2.01. The van der Waals surface area contributed by atoms with Crippen molar-refractivity contribution in [1.82, 2.24) is 9.78 Å². The van der Waals surface area contributed by atoms with Crippen molar-refractivity contribution in [3.8, 4) is 0 Å². The highest BCUT2D eigenvalue weighted by Gasteiger charge is 2.19. The van der Waals surface area contributed by atoms with E-state index in [0.717, 1.165) is 0 Å². The van der Waals surface area contributed by atoms with Crippen LogP contribution in [0.15, 0.2) is 12.4 Å². The second kappa shape index (κ2) is 4.59. The summed E-state index contributed by atoms with van der Waals surface area (Å²) in [5.41, 5.74) is 0.247. The summed E-state index contributed by atoms with van der Waals surface area (Å²) in [6.07, 6.45) is 3.06. The van der Waals surface area contributed by atoms with Crippen LogP contribution in [0, 0.1) is 0 Å². The zero-order valence-corrected chi connectivity index (χ0v) is 8.51. The van der Waals surface area contributed by atoms with Gasteiger partial charge in [-0.2, -0.15) is 5.10 Å². The van der Waals surface area contributed by atoms with E-state index in [1.807, 2.05) is 0 Å². The van der Waals surface area contributed by atoms with Gasteiger partial charge in [0.25, 0.3) is 0 Å². The fourth-order valence-electron chi connectivity index (χ4n) is 1.21. The molecule has 0 spiro atoms. The quantitative estimate of drug-likeness (QED) is 0.743. The minimum atomic E-state index is -0.975. The Morgan fingerprint density at radius 2 is 2.33 bits per heavy atom. The molecule has 1 heterocycles. The first kappa shape index (κ1) is 11.2. The second-order valence-corrected chi connectivity index (χ2v) is 2.96. The molecule has 1 aromatic heterocycles. The second-order valence-electron chi connectivity index (χ2n) is 2.96. The maximum absolute atomic E-state index is 11.1. The number of hydrogen-bond acceptors (Lipinski definition) is 4. The monoisotopic (exact) mass is 212 g/mol. The van der Waals surface area contributed by atoms with Gasteiger partial charge in [0.1, 0.15) is 6.04 Å². The lowest BCUT2D eigenvalue weighted by Gasteiger charge is -2.08. The lowest BCUT2D eigenvalue weighted by molar-refractivity contribution is -0.141. The van der Waals surface area contributed by atoms with Gasteiger partial charge in [-0.1, -0.05) is 6.92 Å². The van der Waals surface area contributed by atoms with Gasteiger partial charge in [0.15, 0.2) is 0 Å². The van der Waals surface area contributed by atoms with Crippen LogP contribution in [0.3, 0.4) is 0 Å². The fraction of sp³-hybridized carbons (Fsp3) is 0.444. The van der Waals surface area contributed by atoms with Crippen molar-refractivity contribution in [2.24, 2.45) is 0 Å². The summed E-state index contributed by atoms with van der Waals surface area (Å²) >= 11 is 0. The fourth-order valence-corrected chi connectivity index (χ4v) is 1.21. The lowest BCUT2D eigenvalue weighted by Crippen LogP contribution is -2.18. The normalized spacial score (nSPS) is 12.1. The average molecular weight is 212 g/mol. The van der Waals surface area contributed by atoms with Gasteiger partial charge < -0.3 is 9.84 Å². The highest BCUT2D eigenvalue weighted by molar-refractivity contribution is 5.88. The molecule has 1 aromatic rings. The lowest BCUT2D eigenvalue weighted by atomic mass is 10.2. The number of aromatic nitrogens is 2. The van der Waals surface area contributed by atoms with Crippen LogP contribution in [-0.2, 0) is 9.53 Å². The average Bonchev–Trinajstić information content (AvgIpc) is 2.66. The molecule has 1 rings (SSSR count). The maximum atomic E-state index is 11.1. The highest BCUT2D eigenvalue weighted by atomic mass is 16.5. The predicted octanol–water partition coefficient (Wildman–Crippen LogP) is 0.705. The number of carboxylic acids is 1. The van der Waals surface area contributed by atoms with Crippen LogP contribution < -0.4 is 0 Å². The van der Waals surface area contributed by atoms with Gasteiger partial charge in [-0.25, -0.2) is 9.59 Å². The number of methoxy groups -OCH3 is 1. The minimum Gasteiger partial charge on any atom is -0.480 e. The van der Waals surface area contributed by atoms with E-state index in [4.69, 9.17) is 5.11 Å². The molecule has 0 bridgehead atoms.